The van der Waals surface area contributed by atoms with E-state index in [1.807, 2.05) is 0 Å². The quantitative estimate of drug-likeness (QED) is 0.311. The Morgan fingerprint density at radius 2 is 1.23 bits per heavy atom. The summed E-state index contributed by atoms with van der Waals surface area (Å²) in [6, 6.07) is 0. The Labute approximate surface area is 122 Å². The molecule has 0 spiro atoms. The first-order valence-electron chi connectivity index (χ1n) is 3.89. The van der Waals surface area contributed by atoms with E-state index in [0.717, 1.165) is 0 Å². The fourth-order valence-electron chi connectivity index (χ4n) is 0.728. The lowest BCUT2D eigenvalue weighted by Crippen LogP contribution is -2.50. The van der Waals surface area contributed by atoms with Gasteiger partial charge in [0.05, 0.1) is 0 Å². The largest absolute Gasteiger partial charge is 0.279 e. The standard InChI is InChI=1S/C6H13Br5Si2/c1-5(2)6(3,4)12(7,8)13(9,10)11/h5H,1-4H3. The van der Waals surface area contributed by atoms with Crippen molar-refractivity contribution in [2.45, 2.75) is 32.7 Å². The molecule has 80 valence electrons. The van der Waals surface area contributed by atoms with Gasteiger partial charge in [0.15, 0.2) is 0 Å². The summed E-state index contributed by atoms with van der Waals surface area (Å²) in [7, 11) is 0. The molecular weight excluding hydrogens is 528 g/mol. The molecule has 0 nitrogen and oxygen atoms in total. The van der Waals surface area contributed by atoms with Gasteiger partial charge < -0.3 is 0 Å². The third kappa shape index (κ3) is 3.39. The van der Waals surface area contributed by atoms with Crippen LogP contribution in [-0.4, -0.2) is 8.28 Å². The topological polar surface area (TPSA) is 0 Å². The van der Waals surface area contributed by atoms with Gasteiger partial charge in [-0.05, 0) is 11.0 Å². The molecule has 13 heavy (non-hydrogen) atoms. The second-order valence-electron chi connectivity index (χ2n) is 3.95. The minimum Gasteiger partial charge on any atom is -0.111 e. The predicted octanol–water partition coefficient (Wildman–Crippen LogP) is 5.86. The molecule has 0 saturated heterocycles. The first-order valence-corrected chi connectivity index (χ1v) is 20.2. The summed E-state index contributed by atoms with van der Waals surface area (Å²) in [5.74, 6) is 0.637. The Morgan fingerprint density at radius 3 is 1.31 bits per heavy atom. The van der Waals surface area contributed by atoms with E-state index in [4.69, 9.17) is 0 Å². The van der Waals surface area contributed by atoms with Crippen LogP contribution in [0.15, 0.2) is 0 Å². The Bertz CT molecular complexity index is 184. The van der Waals surface area contributed by atoms with Crippen LogP contribution in [0.25, 0.3) is 0 Å². The normalized spacial score (nSPS) is 15.2. The second kappa shape index (κ2) is 5.00. The van der Waals surface area contributed by atoms with Gasteiger partial charge in [-0.1, -0.05) is 73.6 Å². The molecule has 0 radical (unpaired) electrons. The summed E-state index contributed by atoms with van der Waals surface area (Å²) < 4.78 is -1.67. The summed E-state index contributed by atoms with van der Waals surface area (Å²) in [6.45, 7) is 9.13. The van der Waals surface area contributed by atoms with Gasteiger partial charge in [-0.3, -0.25) is 0 Å². The number of halogens is 5. The molecule has 0 aromatic heterocycles. The van der Waals surface area contributed by atoms with Crippen molar-refractivity contribution in [3.63, 3.8) is 0 Å². The van der Waals surface area contributed by atoms with Crippen molar-refractivity contribution < 1.29 is 0 Å². The molecule has 0 aliphatic carbocycles. The van der Waals surface area contributed by atoms with E-state index in [9.17, 15) is 0 Å². The lowest BCUT2D eigenvalue weighted by molar-refractivity contribution is 0.475. The molecule has 0 rings (SSSR count). The monoisotopic (exact) mass is 536 g/mol. The molecule has 0 fully saturated rings. The summed E-state index contributed by atoms with van der Waals surface area (Å²) in [5, 5.41) is 0.274. The molecule has 0 aromatic carbocycles. The second-order valence-corrected chi connectivity index (χ2v) is 53.5. The number of hydrogen-bond donors (Lipinski definition) is 0. The van der Waals surface area contributed by atoms with Crippen LogP contribution in [-0.2, 0) is 0 Å². The molecule has 0 aliphatic rings. The maximum Gasteiger partial charge on any atom is 0.279 e. The molecule has 0 aromatic rings. The van der Waals surface area contributed by atoms with Gasteiger partial charge in [0, 0.05) is 0 Å². The molecule has 0 saturated carbocycles. The molecule has 0 amide bonds. The van der Waals surface area contributed by atoms with E-state index >= 15 is 0 Å². The zero-order chi connectivity index (χ0) is 11.1. The SMILES string of the molecule is CC(C)C(C)(C)[Si](Br)(Br)[Si](Br)(Br)Br. The fourth-order valence-corrected chi connectivity index (χ4v) is 21.8. The van der Waals surface area contributed by atoms with Crippen LogP contribution in [0.3, 0.4) is 0 Å². The minimum atomic E-state index is -1.68. The van der Waals surface area contributed by atoms with Crippen molar-refractivity contribution in [1.82, 2.24) is 0 Å². The van der Waals surface area contributed by atoms with Gasteiger partial charge in [0.2, 0.25) is 4.83 Å². The lowest BCUT2D eigenvalue weighted by Gasteiger charge is -2.43. The molecule has 0 bridgehead atoms. The van der Waals surface area contributed by atoms with Gasteiger partial charge in [0.1, 0.15) is 0 Å². The van der Waals surface area contributed by atoms with E-state index in [1.165, 1.54) is 0 Å². The van der Waals surface area contributed by atoms with Gasteiger partial charge in [-0.15, -0.1) is 30.6 Å². The van der Waals surface area contributed by atoms with Crippen LogP contribution < -0.4 is 0 Å². The molecule has 0 N–H and O–H groups in total. The van der Waals surface area contributed by atoms with E-state index in [0.29, 0.717) is 5.92 Å². The van der Waals surface area contributed by atoms with E-state index < -0.39 is 8.28 Å². The highest BCUT2D eigenvalue weighted by Crippen LogP contribution is 2.59. The van der Waals surface area contributed by atoms with E-state index in [-0.39, 0.29) is 5.04 Å². The van der Waals surface area contributed by atoms with Crippen molar-refractivity contribution >= 4 is 84.7 Å². The van der Waals surface area contributed by atoms with E-state index in [1.54, 1.807) is 0 Å². The van der Waals surface area contributed by atoms with Gasteiger partial charge >= 0.3 is 0 Å². The van der Waals surface area contributed by atoms with Gasteiger partial charge in [-0.25, -0.2) is 0 Å². The fraction of sp³-hybridized carbons (Fsp3) is 1.00. The van der Waals surface area contributed by atoms with Crippen LogP contribution in [0.4, 0.5) is 0 Å². The maximum atomic E-state index is 3.90. The van der Waals surface area contributed by atoms with Crippen molar-refractivity contribution in [3.8, 4) is 0 Å². The zero-order valence-electron chi connectivity index (χ0n) is 7.97. The smallest absolute Gasteiger partial charge is 0.111 e. The third-order valence-electron chi connectivity index (χ3n) is 2.61. The summed E-state index contributed by atoms with van der Waals surface area (Å²) in [6.07, 6.45) is 0. The lowest BCUT2D eigenvalue weighted by atomic mass is 9.99. The molecular formula is C6H13Br5Si2. The van der Waals surface area contributed by atoms with Gasteiger partial charge in [-0.2, -0.15) is 0 Å². The average molecular weight is 541 g/mol. The molecule has 0 heterocycles. The number of rotatable bonds is 3. The van der Waals surface area contributed by atoms with Crippen LogP contribution in [0.2, 0.25) is 5.04 Å². The summed E-state index contributed by atoms with van der Waals surface area (Å²) >= 11 is 19.0. The Morgan fingerprint density at radius 1 is 0.923 bits per heavy atom. The molecule has 0 aliphatic heterocycles. The Hall–Kier alpha value is 2.83. The van der Waals surface area contributed by atoms with Crippen LogP contribution in [0, 0.1) is 5.92 Å². The van der Waals surface area contributed by atoms with Crippen molar-refractivity contribution in [2.75, 3.05) is 0 Å². The van der Waals surface area contributed by atoms with E-state index in [2.05, 4.69) is 104 Å². The summed E-state index contributed by atoms with van der Waals surface area (Å²) in [5.41, 5.74) is 0. The van der Waals surface area contributed by atoms with Crippen molar-refractivity contribution in [3.05, 3.63) is 0 Å². The first kappa shape index (κ1) is 15.8. The zero-order valence-corrected chi connectivity index (χ0v) is 17.9. The van der Waals surface area contributed by atoms with Crippen molar-refractivity contribution in [1.29, 1.82) is 0 Å². The predicted molar refractivity (Wildman–Crippen MR) is 85.0 cm³/mol. The average Bonchev–Trinajstić information content (AvgIpc) is 1.84. The number of hydrogen-bond acceptors (Lipinski definition) is 0. The summed E-state index contributed by atoms with van der Waals surface area (Å²) in [4.78, 5) is -1.68. The third-order valence-corrected chi connectivity index (χ3v) is 71.2. The van der Waals surface area contributed by atoms with Gasteiger partial charge in [0.25, 0.3) is 3.45 Å². The highest BCUT2D eigenvalue weighted by molar-refractivity contribution is 9.81. The van der Waals surface area contributed by atoms with Crippen molar-refractivity contribution in [2.24, 2.45) is 5.92 Å². The molecule has 0 atom stereocenters. The van der Waals surface area contributed by atoms with Crippen LogP contribution in [0.1, 0.15) is 27.7 Å². The highest BCUT2D eigenvalue weighted by atomic mass is 80.0. The molecule has 7 heteroatoms. The minimum absolute atomic E-state index is 0.274. The van der Waals surface area contributed by atoms with Crippen LogP contribution in [0.5, 0.6) is 0 Å². The first-order chi connectivity index (χ1) is 5.44. The highest BCUT2D eigenvalue weighted by Gasteiger charge is 2.59. The maximum absolute atomic E-state index is 3.90. The Kier molecular flexibility index (Phi) is 6.09. The molecule has 0 unspecified atom stereocenters. The Balaban J connectivity index is 5.04. The van der Waals surface area contributed by atoms with Crippen LogP contribution >= 0.6 is 76.5 Å².